The number of carboxylic acids is 1. The molecule has 0 radical (unpaired) electrons. The fourth-order valence-corrected chi connectivity index (χ4v) is 2.54. The number of carbonyl (C=O) groups excluding carboxylic acids is 1. The second-order valence-electron chi connectivity index (χ2n) is 4.75. The molecule has 128 valence electrons. The zero-order chi connectivity index (χ0) is 17.7. The molecular formula is C15H15BrN2O6. The summed E-state index contributed by atoms with van der Waals surface area (Å²) in [4.78, 5) is 23.7. The number of carbonyl (C=O) groups is 2. The Morgan fingerprint density at radius 3 is 2.71 bits per heavy atom. The van der Waals surface area contributed by atoms with Gasteiger partial charge in [0, 0.05) is 13.2 Å². The van der Waals surface area contributed by atoms with Crippen LogP contribution in [0.5, 0.6) is 5.75 Å². The topological polar surface area (TPSA) is 111 Å². The number of halogens is 1. The van der Waals surface area contributed by atoms with Crippen molar-refractivity contribution in [2.45, 2.75) is 12.6 Å². The number of benzene rings is 1. The quantitative estimate of drug-likeness (QED) is 0.734. The lowest BCUT2D eigenvalue weighted by Gasteiger charge is -2.15. The molecule has 9 heteroatoms. The largest absolute Gasteiger partial charge is 0.496 e. The second-order valence-corrected chi connectivity index (χ2v) is 5.60. The van der Waals surface area contributed by atoms with Crippen LogP contribution < -0.4 is 10.1 Å². The third-order valence-corrected chi connectivity index (χ3v) is 3.73. The van der Waals surface area contributed by atoms with Crippen molar-refractivity contribution in [1.82, 2.24) is 10.5 Å². The standard InChI is InChI=1S/C15H15BrN2O6/c1-22-7-9-6-11(18-24-9)14(19)17-13(15(20)21)8-3-4-12(23-2)10(16)5-8/h3-6,13H,7H2,1-2H3,(H,17,19)(H,20,21). The molecule has 2 N–H and O–H groups in total. The third kappa shape index (κ3) is 4.12. The highest BCUT2D eigenvalue weighted by atomic mass is 79.9. The Balaban J connectivity index is 2.20. The predicted molar refractivity (Wildman–Crippen MR) is 85.8 cm³/mol. The second kappa shape index (κ2) is 7.93. The first-order valence-electron chi connectivity index (χ1n) is 6.78. The lowest BCUT2D eigenvalue weighted by Crippen LogP contribution is -2.33. The Morgan fingerprint density at radius 2 is 2.12 bits per heavy atom. The molecule has 0 saturated heterocycles. The van der Waals surface area contributed by atoms with E-state index in [1.807, 2.05) is 0 Å². The van der Waals surface area contributed by atoms with E-state index in [2.05, 4.69) is 26.4 Å². The van der Waals surface area contributed by atoms with E-state index in [1.54, 1.807) is 18.2 Å². The van der Waals surface area contributed by atoms with Crippen molar-refractivity contribution in [3.05, 3.63) is 45.8 Å². The minimum Gasteiger partial charge on any atom is -0.496 e. The highest BCUT2D eigenvalue weighted by molar-refractivity contribution is 9.10. The van der Waals surface area contributed by atoms with Crippen LogP contribution in [0.25, 0.3) is 0 Å². The number of nitrogens with one attached hydrogen (secondary N) is 1. The summed E-state index contributed by atoms with van der Waals surface area (Å²) < 4.78 is 15.5. The zero-order valence-corrected chi connectivity index (χ0v) is 14.5. The summed E-state index contributed by atoms with van der Waals surface area (Å²) >= 11 is 3.28. The van der Waals surface area contributed by atoms with Gasteiger partial charge < -0.3 is 24.4 Å². The molecule has 0 aliphatic heterocycles. The molecule has 0 aliphatic rings. The summed E-state index contributed by atoms with van der Waals surface area (Å²) in [5.41, 5.74) is 0.352. The number of rotatable bonds is 7. The maximum Gasteiger partial charge on any atom is 0.330 e. The van der Waals surface area contributed by atoms with Gasteiger partial charge in [0.1, 0.15) is 12.4 Å². The maximum absolute atomic E-state index is 12.2. The average molecular weight is 399 g/mol. The van der Waals surface area contributed by atoms with Crippen LogP contribution >= 0.6 is 15.9 Å². The van der Waals surface area contributed by atoms with Crippen molar-refractivity contribution in [2.24, 2.45) is 0 Å². The van der Waals surface area contributed by atoms with Crippen LogP contribution in [0.1, 0.15) is 27.9 Å². The minimum atomic E-state index is -1.25. The monoisotopic (exact) mass is 398 g/mol. The van der Waals surface area contributed by atoms with Crippen molar-refractivity contribution in [3.63, 3.8) is 0 Å². The Bertz CT molecular complexity index is 745. The van der Waals surface area contributed by atoms with Crippen molar-refractivity contribution in [2.75, 3.05) is 14.2 Å². The zero-order valence-electron chi connectivity index (χ0n) is 12.9. The number of methoxy groups -OCH3 is 2. The van der Waals surface area contributed by atoms with Gasteiger partial charge in [0.25, 0.3) is 5.91 Å². The molecule has 1 aromatic heterocycles. The Hall–Kier alpha value is -2.39. The Morgan fingerprint density at radius 1 is 1.38 bits per heavy atom. The predicted octanol–water partition coefficient (Wildman–Crippen LogP) is 2.15. The Kier molecular flexibility index (Phi) is 5.93. The van der Waals surface area contributed by atoms with Crippen LogP contribution in [0, 0.1) is 0 Å². The molecule has 0 saturated carbocycles. The van der Waals surface area contributed by atoms with Crippen LogP contribution in [-0.4, -0.2) is 36.4 Å². The van der Waals surface area contributed by atoms with Crippen LogP contribution in [-0.2, 0) is 16.1 Å². The van der Waals surface area contributed by atoms with Gasteiger partial charge in [-0.05, 0) is 33.6 Å². The normalized spacial score (nSPS) is 11.8. The van der Waals surface area contributed by atoms with Gasteiger partial charge in [-0.3, -0.25) is 4.79 Å². The van der Waals surface area contributed by atoms with Crippen LogP contribution in [0.4, 0.5) is 0 Å². The molecule has 2 aromatic rings. The summed E-state index contributed by atoms with van der Waals surface area (Å²) in [6.45, 7) is 0.161. The molecule has 0 fully saturated rings. The van der Waals surface area contributed by atoms with E-state index in [-0.39, 0.29) is 12.3 Å². The first kappa shape index (κ1) is 18.0. The molecule has 24 heavy (non-hydrogen) atoms. The maximum atomic E-state index is 12.2. The van der Waals surface area contributed by atoms with E-state index in [1.165, 1.54) is 20.3 Å². The summed E-state index contributed by atoms with van der Waals surface area (Å²) in [7, 11) is 2.97. The third-order valence-electron chi connectivity index (χ3n) is 3.11. The fourth-order valence-electron chi connectivity index (χ4n) is 1.99. The number of aromatic nitrogens is 1. The fraction of sp³-hybridized carbons (Fsp3) is 0.267. The summed E-state index contributed by atoms with van der Waals surface area (Å²) in [5, 5.41) is 15.4. The van der Waals surface area contributed by atoms with Crippen molar-refractivity contribution in [1.29, 1.82) is 0 Å². The van der Waals surface area contributed by atoms with E-state index in [9.17, 15) is 14.7 Å². The summed E-state index contributed by atoms with van der Waals surface area (Å²) in [6.07, 6.45) is 0. The van der Waals surface area contributed by atoms with Crippen molar-refractivity contribution >= 4 is 27.8 Å². The van der Waals surface area contributed by atoms with E-state index >= 15 is 0 Å². The minimum absolute atomic E-state index is 0.0270. The van der Waals surface area contributed by atoms with Gasteiger partial charge in [0.15, 0.2) is 17.5 Å². The molecule has 1 atom stereocenters. The highest BCUT2D eigenvalue weighted by Gasteiger charge is 2.25. The number of hydrogen-bond donors (Lipinski definition) is 2. The lowest BCUT2D eigenvalue weighted by atomic mass is 10.1. The first-order chi connectivity index (χ1) is 11.5. The lowest BCUT2D eigenvalue weighted by molar-refractivity contribution is -0.139. The summed E-state index contributed by atoms with van der Waals surface area (Å²) in [6, 6.07) is 4.87. The molecular weight excluding hydrogens is 384 g/mol. The number of carboxylic acid groups (broad SMARTS) is 1. The number of nitrogens with zero attached hydrogens (tertiary/aromatic N) is 1. The van der Waals surface area contributed by atoms with Crippen molar-refractivity contribution < 1.29 is 28.7 Å². The van der Waals surface area contributed by atoms with Crippen LogP contribution in [0.2, 0.25) is 0 Å². The molecule has 1 amide bonds. The van der Waals surface area contributed by atoms with E-state index in [0.717, 1.165) is 0 Å². The Labute approximate surface area is 145 Å². The van der Waals surface area contributed by atoms with E-state index in [0.29, 0.717) is 21.5 Å². The van der Waals surface area contributed by atoms with Gasteiger partial charge in [-0.15, -0.1) is 0 Å². The molecule has 8 nitrogen and oxygen atoms in total. The number of ether oxygens (including phenoxy) is 2. The highest BCUT2D eigenvalue weighted by Crippen LogP contribution is 2.28. The SMILES string of the molecule is COCc1cc(C(=O)NC(C(=O)O)c2ccc(OC)c(Br)c2)no1. The van der Waals surface area contributed by atoms with Crippen molar-refractivity contribution in [3.8, 4) is 5.75 Å². The van der Waals surface area contributed by atoms with Gasteiger partial charge >= 0.3 is 5.97 Å². The van der Waals surface area contributed by atoms with Gasteiger partial charge in [0.05, 0.1) is 11.6 Å². The van der Waals surface area contributed by atoms with Crippen LogP contribution in [0.3, 0.4) is 0 Å². The molecule has 1 unspecified atom stereocenters. The smallest absolute Gasteiger partial charge is 0.330 e. The molecule has 1 aromatic carbocycles. The van der Waals surface area contributed by atoms with Gasteiger partial charge in [0.2, 0.25) is 0 Å². The van der Waals surface area contributed by atoms with Gasteiger partial charge in [-0.2, -0.15) is 0 Å². The van der Waals surface area contributed by atoms with Gasteiger partial charge in [-0.25, -0.2) is 4.79 Å². The van der Waals surface area contributed by atoms with E-state index < -0.39 is 17.9 Å². The molecule has 0 aliphatic carbocycles. The molecule has 0 bridgehead atoms. The first-order valence-corrected chi connectivity index (χ1v) is 7.57. The molecule has 0 spiro atoms. The van der Waals surface area contributed by atoms with Gasteiger partial charge in [-0.1, -0.05) is 11.2 Å². The average Bonchev–Trinajstić information content (AvgIpc) is 3.01. The number of hydrogen-bond acceptors (Lipinski definition) is 6. The summed E-state index contributed by atoms with van der Waals surface area (Å²) in [5.74, 6) is -0.960. The van der Waals surface area contributed by atoms with Crippen LogP contribution in [0.15, 0.2) is 33.3 Å². The molecule has 1 heterocycles. The van der Waals surface area contributed by atoms with E-state index in [4.69, 9.17) is 14.0 Å². The number of amides is 1. The molecule has 2 rings (SSSR count). The number of aliphatic carboxylic acids is 1.